The van der Waals surface area contributed by atoms with E-state index in [1.54, 1.807) is 0 Å². The van der Waals surface area contributed by atoms with Gasteiger partial charge in [0.15, 0.2) is 11.6 Å². The highest BCUT2D eigenvalue weighted by Gasteiger charge is 2.28. The molecule has 0 aliphatic carbocycles. The van der Waals surface area contributed by atoms with Crippen molar-refractivity contribution in [1.82, 2.24) is 13.9 Å². The molecule has 5 nitrogen and oxygen atoms in total. The van der Waals surface area contributed by atoms with Crippen LogP contribution in [0.2, 0.25) is 0 Å². The van der Waals surface area contributed by atoms with Gasteiger partial charge in [-0.3, -0.25) is 0 Å². The molecule has 0 aromatic heterocycles. The lowest BCUT2D eigenvalue weighted by Crippen LogP contribution is -2.50. The van der Waals surface area contributed by atoms with Gasteiger partial charge >= 0.3 is 0 Å². The molecule has 1 aliphatic heterocycles. The van der Waals surface area contributed by atoms with Crippen molar-refractivity contribution in [3.8, 4) is 0 Å². The monoisotopic (exact) mass is 305 g/mol. The van der Waals surface area contributed by atoms with Crippen LogP contribution >= 0.6 is 0 Å². The Labute approximate surface area is 117 Å². The molecule has 0 spiro atoms. The molecule has 1 fully saturated rings. The van der Waals surface area contributed by atoms with Crippen LogP contribution in [-0.2, 0) is 16.8 Å². The predicted molar refractivity (Wildman–Crippen MR) is 71.2 cm³/mol. The van der Waals surface area contributed by atoms with Crippen molar-refractivity contribution in [2.75, 3.05) is 33.2 Å². The van der Waals surface area contributed by atoms with Crippen LogP contribution in [0.4, 0.5) is 8.78 Å². The number of hydrogen-bond acceptors (Lipinski definition) is 3. The van der Waals surface area contributed by atoms with Crippen LogP contribution in [0.15, 0.2) is 18.2 Å². The normalized spacial score (nSPS) is 17.6. The molecule has 0 amide bonds. The fourth-order valence-corrected chi connectivity index (χ4v) is 3.40. The Morgan fingerprint density at radius 3 is 2.50 bits per heavy atom. The Bertz CT molecular complexity index is 574. The summed E-state index contributed by atoms with van der Waals surface area (Å²) in [5, 5.41) is 3.07. The zero-order valence-corrected chi connectivity index (χ0v) is 12.0. The van der Waals surface area contributed by atoms with E-state index in [0.717, 1.165) is 16.4 Å². The van der Waals surface area contributed by atoms with Gasteiger partial charge in [-0.2, -0.15) is 17.0 Å². The van der Waals surface area contributed by atoms with Gasteiger partial charge in [0.05, 0.1) is 0 Å². The number of benzene rings is 1. The fourth-order valence-electron chi connectivity index (χ4n) is 2.05. The van der Waals surface area contributed by atoms with Crippen LogP contribution in [0, 0.1) is 11.6 Å². The van der Waals surface area contributed by atoms with Crippen molar-refractivity contribution in [1.29, 1.82) is 0 Å². The average molecular weight is 305 g/mol. The molecule has 2 rings (SSSR count). The number of nitrogens with zero attached hydrogens (tertiary/aromatic N) is 2. The summed E-state index contributed by atoms with van der Waals surface area (Å²) < 4.78 is 53.1. The summed E-state index contributed by atoms with van der Waals surface area (Å²) in [5.74, 6) is -1.92. The third-order valence-electron chi connectivity index (χ3n) is 3.19. The van der Waals surface area contributed by atoms with Gasteiger partial charge in [0.2, 0.25) is 0 Å². The van der Waals surface area contributed by atoms with Gasteiger partial charge in [-0.05, 0) is 17.7 Å². The van der Waals surface area contributed by atoms with Crippen molar-refractivity contribution < 1.29 is 17.2 Å². The van der Waals surface area contributed by atoms with E-state index in [1.807, 2.05) is 0 Å². The molecule has 112 valence electrons. The zero-order valence-electron chi connectivity index (χ0n) is 11.1. The lowest BCUT2D eigenvalue weighted by atomic mass is 10.2. The van der Waals surface area contributed by atoms with E-state index in [1.165, 1.54) is 17.4 Å². The van der Waals surface area contributed by atoms with E-state index < -0.39 is 21.8 Å². The quantitative estimate of drug-likeness (QED) is 0.884. The summed E-state index contributed by atoms with van der Waals surface area (Å²) in [7, 11) is -2.14. The molecular weight excluding hydrogens is 288 g/mol. The summed E-state index contributed by atoms with van der Waals surface area (Å²) in [6.45, 7) is 2.04. The fraction of sp³-hybridized carbons (Fsp3) is 0.500. The van der Waals surface area contributed by atoms with E-state index in [2.05, 4.69) is 5.32 Å². The molecule has 0 unspecified atom stereocenters. The summed E-state index contributed by atoms with van der Waals surface area (Å²) in [5.41, 5.74) is 0.408. The molecule has 1 heterocycles. The molecular formula is C12H17F2N3O2S. The molecule has 1 aromatic rings. The van der Waals surface area contributed by atoms with Crippen molar-refractivity contribution in [3.05, 3.63) is 35.4 Å². The topological polar surface area (TPSA) is 52.7 Å². The van der Waals surface area contributed by atoms with Crippen LogP contribution in [0.5, 0.6) is 0 Å². The second-order valence-electron chi connectivity index (χ2n) is 4.66. The van der Waals surface area contributed by atoms with Gasteiger partial charge in [0.25, 0.3) is 10.2 Å². The van der Waals surface area contributed by atoms with Gasteiger partial charge in [0, 0.05) is 39.8 Å². The molecule has 0 radical (unpaired) electrons. The molecule has 0 atom stereocenters. The Morgan fingerprint density at radius 1 is 1.25 bits per heavy atom. The minimum atomic E-state index is -3.57. The minimum absolute atomic E-state index is 0.00343. The Balaban J connectivity index is 2.09. The smallest absolute Gasteiger partial charge is 0.282 e. The van der Waals surface area contributed by atoms with Crippen LogP contribution in [0.1, 0.15) is 5.56 Å². The van der Waals surface area contributed by atoms with Gasteiger partial charge < -0.3 is 5.32 Å². The lowest BCUT2D eigenvalue weighted by Gasteiger charge is -2.30. The molecule has 1 saturated heterocycles. The van der Waals surface area contributed by atoms with Crippen molar-refractivity contribution in [2.45, 2.75) is 6.54 Å². The summed E-state index contributed by atoms with van der Waals surface area (Å²) in [6, 6.07) is 3.39. The molecule has 20 heavy (non-hydrogen) atoms. The van der Waals surface area contributed by atoms with Crippen molar-refractivity contribution in [2.24, 2.45) is 0 Å². The van der Waals surface area contributed by atoms with Gasteiger partial charge in [-0.1, -0.05) is 6.07 Å². The summed E-state index contributed by atoms with van der Waals surface area (Å²) in [4.78, 5) is 0. The zero-order chi connectivity index (χ0) is 14.8. The maximum absolute atomic E-state index is 13.1. The Hall–Kier alpha value is -1.09. The summed E-state index contributed by atoms with van der Waals surface area (Å²) in [6.07, 6.45) is 0. The highest BCUT2D eigenvalue weighted by atomic mass is 32.2. The average Bonchev–Trinajstić information content (AvgIpc) is 2.44. The molecule has 0 bridgehead atoms. The first-order valence-corrected chi connectivity index (χ1v) is 7.67. The predicted octanol–water partition coefficient (Wildman–Crippen LogP) is 0.547. The first-order chi connectivity index (χ1) is 9.41. The van der Waals surface area contributed by atoms with Gasteiger partial charge in [0.1, 0.15) is 0 Å². The lowest BCUT2D eigenvalue weighted by molar-refractivity contribution is 0.324. The number of hydrogen-bond donors (Lipinski definition) is 1. The highest BCUT2D eigenvalue weighted by Crippen LogP contribution is 2.14. The Kier molecular flexibility index (Phi) is 4.69. The van der Waals surface area contributed by atoms with E-state index in [9.17, 15) is 17.2 Å². The number of nitrogens with one attached hydrogen (secondary N) is 1. The standard InChI is InChI=1S/C12H17F2N3O2S/c1-16(9-10-2-3-11(13)12(14)8-10)20(18,19)17-6-4-15-5-7-17/h2-3,8,15H,4-7,9H2,1H3. The summed E-state index contributed by atoms with van der Waals surface area (Å²) >= 11 is 0. The molecule has 8 heteroatoms. The van der Waals surface area contributed by atoms with E-state index >= 15 is 0 Å². The number of rotatable bonds is 4. The Morgan fingerprint density at radius 2 is 1.90 bits per heavy atom. The number of halogens is 2. The van der Waals surface area contributed by atoms with E-state index in [-0.39, 0.29) is 6.54 Å². The molecule has 0 saturated carbocycles. The first kappa shape index (κ1) is 15.3. The second kappa shape index (κ2) is 6.13. The number of piperazine rings is 1. The van der Waals surface area contributed by atoms with Crippen molar-refractivity contribution in [3.63, 3.8) is 0 Å². The maximum atomic E-state index is 13.1. The second-order valence-corrected chi connectivity index (χ2v) is 6.70. The SMILES string of the molecule is CN(Cc1ccc(F)c(F)c1)S(=O)(=O)N1CCNCC1. The van der Waals surface area contributed by atoms with Crippen LogP contribution < -0.4 is 5.32 Å². The third kappa shape index (κ3) is 3.32. The minimum Gasteiger partial charge on any atom is -0.314 e. The molecule has 1 N–H and O–H groups in total. The highest BCUT2D eigenvalue weighted by molar-refractivity contribution is 7.86. The molecule has 1 aliphatic rings. The van der Waals surface area contributed by atoms with Gasteiger partial charge in [-0.25, -0.2) is 8.78 Å². The van der Waals surface area contributed by atoms with E-state index in [4.69, 9.17) is 0 Å². The van der Waals surface area contributed by atoms with Gasteiger partial charge in [-0.15, -0.1) is 0 Å². The van der Waals surface area contributed by atoms with Crippen LogP contribution in [0.25, 0.3) is 0 Å². The van der Waals surface area contributed by atoms with Crippen LogP contribution in [0.3, 0.4) is 0 Å². The molecule has 1 aromatic carbocycles. The first-order valence-electron chi connectivity index (χ1n) is 6.27. The third-order valence-corrected chi connectivity index (χ3v) is 5.12. The van der Waals surface area contributed by atoms with Crippen LogP contribution in [-0.4, -0.2) is 50.3 Å². The maximum Gasteiger partial charge on any atom is 0.282 e. The van der Waals surface area contributed by atoms with E-state index in [0.29, 0.717) is 31.7 Å². The largest absolute Gasteiger partial charge is 0.314 e. The van der Waals surface area contributed by atoms with Crippen molar-refractivity contribution >= 4 is 10.2 Å².